The molecule has 4 rings (SSSR count). The van der Waals surface area contributed by atoms with Gasteiger partial charge >= 0.3 is 6.36 Å². The number of carbonyl (C=O) groups is 1. The van der Waals surface area contributed by atoms with Crippen molar-refractivity contribution in [1.29, 1.82) is 0 Å². The highest BCUT2D eigenvalue weighted by atomic mass is 19.4. The smallest absolute Gasteiger partial charge is 0.405 e. The van der Waals surface area contributed by atoms with Crippen LogP contribution in [0.1, 0.15) is 60.9 Å². The molecule has 0 bridgehead atoms. The van der Waals surface area contributed by atoms with Crippen molar-refractivity contribution >= 4 is 11.6 Å². The van der Waals surface area contributed by atoms with Crippen LogP contribution < -0.4 is 10.1 Å². The topological polar surface area (TPSA) is 41.6 Å². The number of para-hydroxylation sites is 1. The number of nitrogens with zero attached hydrogens (tertiary/aromatic N) is 1. The van der Waals surface area contributed by atoms with Crippen LogP contribution in [0.3, 0.4) is 0 Å². The molecule has 1 heterocycles. The molecule has 2 aromatic rings. The second kappa shape index (κ2) is 8.91. The lowest BCUT2D eigenvalue weighted by atomic mass is 9.97. The van der Waals surface area contributed by atoms with Crippen LogP contribution in [0, 0.1) is 0 Å². The average Bonchev–Trinajstić information content (AvgIpc) is 3.36. The first kappa shape index (κ1) is 21.7. The summed E-state index contributed by atoms with van der Waals surface area (Å²) >= 11 is 0. The van der Waals surface area contributed by atoms with E-state index >= 15 is 0 Å². The lowest BCUT2D eigenvalue weighted by molar-refractivity contribution is -0.274. The highest BCUT2D eigenvalue weighted by Crippen LogP contribution is 2.39. The third-order valence-corrected chi connectivity index (χ3v) is 6.48. The summed E-state index contributed by atoms with van der Waals surface area (Å²) < 4.78 is 41.8. The number of halogens is 3. The zero-order valence-electron chi connectivity index (χ0n) is 17.5. The minimum absolute atomic E-state index is 0.165. The van der Waals surface area contributed by atoms with Crippen LogP contribution in [0.25, 0.3) is 0 Å². The van der Waals surface area contributed by atoms with Crippen LogP contribution >= 0.6 is 0 Å². The van der Waals surface area contributed by atoms with Crippen molar-refractivity contribution in [2.75, 3.05) is 11.9 Å². The lowest BCUT2D eigenvalue weighted by Crippen LogP contribution is -2.35. The van der Waals surface area contributed by atoms with Gasteiger partial charge in [-0.15, -0.1) is 13.2 Å². The number of likely N-dealkylation sites (tertiary alicyclic amines) is 1. The highest BCUT2D eigenvalue weighted by molar-refractivity contribution is 6.06. The molecule has 0 spiro atoms. The van der Waals surface area contributed by atoms with Gasteiger partial charge in [0.1, 0.15) is 5.75 Å². The third-order valence-electron chi connectivity index (χ3n) is 6.48. The summed E-state index contributed by atoms with van der Waals surface area (Å²) in [5.74, 6) is -0.655. The van der Waals surface area contributed by atoms with Crippen molar-refractivity contribution in [1.82, 2.24) is 4.90 Å². The number of anilines is 1. The first-order valence-electron chi connectivity index (χ1n) is 10.8. The molecule has 4 nitrogen and oxygen atoms in total. The molecule has 0 radical (unpaired) electrons. The van der Waals surface area contributed by atoms with E-state index in [1.165, 1.54) is 49.6 Å². The lowest BCUT2D eigenvalue weighted by Gasteiger charge is -2.28. The van der Waals surface area contributed by atoms with Gasteiger partial charge in [0, 0.05) is 17.8 Å². The van der Waals surface area contributed by atoms with Crippen molar-refractivity contribution in [3.63, 3.8) is 0 Å². The van der Waals surface area contributed by atoms with E-state index in [9.17, 15) is 18.0 Å². The SMILES string of the molecule is C[C@H]1CCCN1C1CCC(c2ccc(NC(=O)c3ccccc3OC(F)(F)F)cc2)C1. The van der Waals surface area contributed by atoms with E-state index < -0.39 is 18.0 Å². The van der Waals surface area contributed by atoms with Gasteiger partial charge in [0.2, 0.25) is 0 Å². The zero-order valence-corrected chi connectivity index (χ0v) is 17.5. The summed E-state index contributed by atoms with van der Waals surface area (Å²) in [6.07, 6.45) is 1.23. The maximum atomic E-state index is 12.6. The number of hydrogen-bond donors (Lipinski definition) is 1. The predicted octanol–water partition coefficient (Wildman–Crippen LogP) is 5.96. The van der Waals surface area contributed by atoms with Crippen LogP contribution in [-0.4, -0.2) is 35.8 Å². The summed E-state index contributed by atoms with van der Waals surface area (Å²) in [5, 5.41) is 2.67. The maximum Gasteiger partial charge on any atom is 0.573 e. The van der Waals surface area contributed by atoms with Crippen LogP contribution in [0.4, 0.5) is 18.9 Å². The second-order valence-electron chi connectivity index (χ2n) is 8.51. The molecule has 1 saturated heterocycles. The number of nitrogens with one attached hydrogen (secondary N) is 1. The van der Waals surface area contributed by atoms with Crippen molar-refractivity contribution in [2.24, 2.45) is 0 Å². The Bertz CT molecular complexity index is 914. The van der Waals surface area contributed by atoms with Gasteiger partial charge in [-0.25, -0.2) is 0 Å². The molecule has 2 aliphatic rings. The maximum absolute atomic E-state index is 12.6. The monoisotopic (exact) mass is 432 g/mol. The number of benzene rings is 2. The predicted molar refractivity (Wildman–Crippen MR) is 113 cm³/mol. The van der Waals surface area contributed by atoms with Crippen LogP contribution in [0.15, 0.2) is 48.5 Å². The van der Waals surface area contributed by atoms with Gasteiger partial charge in [0.25, 0.3) is 5.91 Å². The molecule has 1 saturated carbocycles. The molecule has 3 atom stereocenters. The zero-order chi connectivity index (χ0) is 22.0. The molecule has 166 valence electrons. The van der Waals surface area contributed by atoms with E-state index in [1.807, 2.05) is 24.3 Å². The molecule has 1 aliphatic heterocycles. The fourth-order valence-electron chi connectivity index (χ4n) is 4.96. The summed E-state index contributed by atoms with van der Waals surface area (Å²) in [4.78, 5) is 15.2. The Balaban J connectivity index is 1.39. The Kier molecular flexibility index (Phi) is 6.23. The Labute approximate surface area is 180 Å². The number of carbonyl (C=O) groups excluding carboxylic acids is 1. The largest absolute Gasteiger partial charge is 0.573 e. The van der Waals surface area contributed by atoms with Gasteiger partial charge in [0.05, 0.1) is 5.56 Å². The van der Waals surface area contributed by atoms with Crippen molar-refractivity contribution in [3.8, 4) is 5.75 Å². The first-order chi connectivity index (χ1) is 14.8. The molecule has 1 N–H and O–H groups in total. The normalized spacial score (nSPS) is 24.3. The van der Waals surface area contributed by atoms with Crippen molar-refractivity contribution in [2.45, 2.75) is 63.4 Å². The average molecular weight is 432 g/mol. The minimum Gasteiger partial charge on any atom is -0.405 e. The fraction of sp³-hybridized carbons (Fsp3) is 0.458. The van der Waals surface area contributed by atoms with E-state index in [4.69, 9.17) is 0 Å². The summed E-state index contributed by atoms with van der Waals surface area (Å²) in [5.41, 5.74) is 1.62. The summed E-state index contributed by atoms with van der Waals surface area (Å²) in [6.45, 7) is 3.51. The highest BCUT2D eigenvalue weighted by Gasteiger charge is 2.34. The Morgan fingerprint density at radius 3 is 2.48 bits per heavy atom. The molecule has 2 fully saturated rings. The molecular formula is C24H27F3N2O2. The van der Waals surface area contributed by atoms with Gasteiger partial charge in [-0.05, 0) is 81.3 Å². The van der Waals surface area contributed by atoms with Crippen molar-refractivity contribution in [3.05, 3.63) is 59.7 Å². The van der Waals surface area contributed by atoms with Crippen LogP contribution in [0.5, 0.6) is 5.75 Å². The summed E-state index contributed by atoms with van der Waals surface area (Å²) in [6, 6.07) is 14.3. The molecule has 1 amide bonds. The number of ether oxygens (including phenoxy) is 1. The molecule has 2 aromatic carbocycles. The van der Waals surface area contributed by atoms with Gasteiger partial charge in [-0.2, -0.15) is 0 Å². The number of hydrogen-bond acceptors (Lipinski definition) is 3. The van der Waals surface area contributed by atoms with Gasteiger partial charge in [-0.1, -0.05) is 24.3 Å². The Morgan fingerprint density at radius 2 is 1.81 bits per heavy atom. The fourth-order valence-corrected chi connectivity index (χ4v) is 4.96. The number of amides is 1. The van der Waals surface area contributed by atoms with Crippen LogP contribution in [-0.2, 0) is 0 Å². The first-order valence-corrected chi connectivity index (χ1v) is 10.8. The number of alkyl halides is 3. The molecular weight excluding hydrogens is 405 g/mol. The summed E-state index contributed by atoms with van der Waals surface area (Å²) in [7, 11) is 0. The van der Waals surface area contributed by atoms with Gasteiger partial charge < -0.3 is 10.1 Å². The van der Waals surface area contributed by atoms with E-state index in [-0.39, 0.29) is 5.56 Å². The van der Waals surface area contributed by atoms with Crippen LogP contribution in [0.2, 0.25) is 0 Å². The number of rotatable bonds is 5. The standard InChI is InChI=1S/C24H27F3N2O2/c1-16-5-4-14-29(16)20-13-10-18(15-20)17-8-11-19(12-9-17)28-23(30)21-6-2-3-7-22(21)31-24(25,26)27/h2-3,6-9,11-12,16,18,20H,4-5,10,13-15H2,1H3,(H,28,30)/t16-,18?,20?/m0/s1. The van der Waals surface area contributed by atoms with E-state index in [2.05, 4.69) is 21.9 Å². The Morgan fingerprint density at radius 1 is 1.06 bits per heavy atom. The van der Waals surface area contributed by atoms with Crippen molar-refractivity contribution < 1.29 is 22.7 Å². The van der Waals surface area contributed by atoms with E-state index in [0.29, 0.717) is 23.7 Å². The molecule has 7 heteroatoms. The van der Waals surface area contributed by atoms with E-state index in [1.54, 1.807) is 0 Å². The third kappa shape index (κ3) is 5.21. The van der Waals surface area contributed by atoms with Gasteiger partial charge in [0.15, 0.2) is 0 Å². The van der Waals surface area contributed by atoms with Gasteiger partial charge in [-0.3, -0.25) is 9.69 Å². The second-order valence-corrected chi connectivity index (χ2v) is 8.51. The molecule has 2 unspecified atom stereocenters. The quantitative estimate of drug-likeness (QED) is 0.634. The van der Waals surface area contributed by atoms with E-state index in [0.717, 1.165) is 18.9 Å². The Hall–Kier alpha value is -2.54. The molecule has 0 aromatic heterocycles. The molecule has 1 aliphatic carbocycles. The molecule has 31 heavy (non-hydrogen) atoms. The minimum atomic E-state index is -4.86.